The van der Waals surface area contributed by atoms with Crippen molar-refractivity contribution in [3.05, 3.63) is 0 Å². The first-order valence-corrected chi connectivity index (χ1v) is 5.91. The molecule has 94 valence electrons. The monoisotopic (exact) mass is 228 g/mol. The molecule has 1 aliphatic rings. The van der Waals surface area contributed by atoms with Gasteiger partial charge in [0.15, 0.2) is 0 Å². The van der Waals surface area contributed by atoms with E-state index in [0.717, 1.165) is 19.4 Å². The highest BCUT2D eigenvalue weighted by Gasteiger charge is 2.32. The summed E-state index contributed by atoms with van der Waals surface area (Å²) in [5, 5.41) is 3.26. The standard InChI is InChI=1S/C12H24N2O2/c1-11(2,10(13)15)8-14-7-9-5-6-12(3,4)16-9/h9,14H,5-8H2,1-4H3,(H2,13,15). The molecule has 16 heavy (non-hydrogen) atoms. The van der Waals surface area contributed by atoms with Gasteiger partial charge in [0, 0.05) is 13.1 Å². The first kappa shape index (κ1) is 13.5. The van der Waals surface area contributed by atoms with Crippen LogP contribution in [0.1, 0.15) is 40.5 Å². The second-order valence-electron chi connectivity index (χ2n) is 5.92. The van der Waals surface area contributed by atoms with Gasteiger partial charge in [0.05, 0.1) is 17.1 Å². The maximum Gasteiger partial charge on any atom is 0.224 e. The number of rotatable bonds is 5. The summed E-state index contributed by atoms with van der Waals surface area (Å²) in [6, 6.07) is 0. The summed E-state index contributed by atoms with van der Waals surface area (Å²) in [6.07, 6.45) is 2.44. The lowest BCUT2D eigenvalue weighted by Gasteiger charge is -2.23. The number of primary amides is 1. The third kappa shape index (κ3) is 3.76. The highest BCUT2D eigenvalue weighted by Crippen LogP contribution is 2.28. The molecule has 1 heterocycles. The van der Waals surface area contributed by atoms with Gasteiger partial charge in [0.25, 0.3) is 0 Å². The Bertz CT molecular complexity index is 262. The van der Waals surface area contributed by atoms with E-state index in [0.29, 0.717) is 6.54 Å². The average molecular weight is 228 g/mol. The van der Waals surface area contributed by atoms with Crippen molar-refractivity contribution in [2.75, 3.05) is 13.1 Å². The fourth-order valence-corrected chi connectivity index (χ4v) is 1.85. The third-order valence-corrected chi connectivity index (χ3v) is 3.16. The minimum Gasteiger partial charge on any atom is -0.371 e. The van der Waals surface area contributed by atoms with Gasteiger partial charge in [0.2, 0.25) is 5.91 Å². The largest absolute Gasteiger partial charge is 0.371 e. The van der Waals surface area contributed by atoms with E-state index in [1.165, 1.54) is 0 Å². The van der Waals surface area contributed by atoms with Gasteiger partial charge >= 0.3 is 0 Å². The molecule has 0 spiro atoms. The lowest BCUT2D eigenvalue weighted by Crippen LogP contribution is -2.42. The molecule has 1 saturated heterocycles. The van der Waals surface area contributed by atoms with Crippen LogP contribution < -0.4 is 11.1 Å². The molecule has 1 rings (SSSR count). The lowest BCUT2D eigenvalue weighted by atomic mass is 9.93. The summed E-state index contributed by atoms with van der Waals surface area (Å²) in [5.74, 6) is -0.271. The van der Waals surface area contributed by atoms with Crippen molar-refractivity contribution >= 4 is 5.91 Å². The number of nitrogens with two attached hydrogens (primary N) is 1. The minimum absolute atomic E-state index is 0.00551. The second kappa shape index (κ2) is 4.72. The Morgan fingerprint density at radius 3 is 2.62 bits per heavy atom. The Morgan fingerprint density at radius 1 is 1.56 bits per heavy atom. The van der Waals surface area contributed by atoms with Crippen molar-refractivity contribution in [2.24, 2.45) is 11.1 Å². The van der Waals surface area contributed by atoms with Crippen LogP contribution in [0.25, 0.3) is 0 Å². The smallest absolute Gasteiger partial charge is 0.224 e. The zero-order valence-electron chi connectivity index (χ0n) is 10.8. The molecular weight excluding hydrogens is 204 g/mol. The van der Waals surface area contributed by atoms with E-state index in [4.69, 9.17) is 10.5 Å². The number of ether oxygens (including phenoxy) is 1. The van der Waals surface area contributed by atoms with E-state index in [2.05, 4.69) is 19.2 Å². The highest BCUT2D eigenvalue weighted by molar-refractivity contribution is 5.80. The van der Waals surface area contributed by atoms with Gasteiger partial charge in [-0.05, 0) is 40.5 Å². The summed E-state index contributed by atoms with van der Waals surface area (Å²) in [5.41, 5.74) is 4.81. The van der Waals surface area contributed by atoms with E-state index in [-0.39, 0.29) is 17.6 Å². The van der Waals surface area contributed by atoms with E-state index in [1.807, 2.05) is 13.8 Å². The quantitative estimate of drug-likeness (QED) is 0.739. The number of hydrogen-bond donors (Lipinski definition) is 2. The van der Waals surface area contributed by atoms with Gasteiger partial charge in [-0.25, -0.2) is 0 Å². The Hall–Kier alpha value is -0.610. The molecule has 1 unspecified atom stereocenters. The first-order valence-electron chi connectivity index (χ1n) is 5.91. The molecule has 0 aliphatic carbocycles. The molecule has 0 aromatic carbocycles. The van der Waals surface area contributed by atoms with Crippen molar-refractivity contribution in [1.82, 2.24) is 5.32 Å². The molecular formula is C12H24N2O2. The summed E-state index contributed by atoms with van der Waals surface area (Å²) in [4.78, 5) is 11.1. The lowest BCUT2D eigenvalue weighted by molar-refractivity contribution is -0.125. The van der Waals surface area contributed by atoms with Crippen LogP contribution in [-0.2, 0) is 9.53 Å². The van der Waals surface area contributed by atoms with Crippen LogP contribution in [0.15, 0.2) is 0 Å². The zero-order chi connectivity index (χ0) is 12.4. The van der Waals surface area contributed by atoms with Crippen LogP contribution in [0.2, 0.25) is 0 Å². The van der Waals surface area contributed by atoms with E-state index in [1.54, 1.807) is 0 Å². The molecule has 3 N–H and O–H groups in total. The predicted octanol–water partition coefficient (Wildman–Crippen LogP) is 1.05. The van der Waals surface area contributed by atoms with Crippen molar-refractivity contribution in [1.29, 1.82) is 0 Å². The summed E-state index contributed by atoms with van der Waals surface area (Å²) < 4.78 is 5.85. The van der Waals surface area contributed by atoms with Gasteiger partial charge in [0.1, 0.15) is 0 Å². The van der Waals surface area contributed by atoms with Crippen molar-refractivity contribution < 1.29 is 9.53 Å². The minimum atomic E-state index is -0.492. The molecule has 0 saturated carbocycles. The van der Waals surface area contributed by atoms with E-state index >= 15 is 0 Å². The third-order valence-electron chi connectivity index (χ3n) is 3.16. The fraction of sp³-hybridized carbons (Fsp3) is 0.917. The average Bonchev–Trinajstić information content (AvgIpc) is 2.45. The summed E-state index contributed by atoms with van der Waals surface area (Å²) in [6.45, 7) is 9.31. The van der Waals surface area contributed by atoms with Crippen LogP contribution in [0.3, 0.4) is 0 Å². The molecule has 1 atom stereocenters. The molecule has 4 heteroatoms. The van der Waals surface area contributed by atoms with Crippen LogP contribution in [0.4, 0.5) is 0 Å². The van der Waals surface area contributed by atoms with E-state index in [9.17, 15) is 4.79 Å². The number of nitrogens with one attached hydrogen (secondary N) is 1. The number of carbonyl (C=O) groups excluding carboxylic acids is 1. The molecule has 0 bridgehead atoms. The molecule has 0 aromatic heterocycles. The first-order chi connectivity index (χ1) is 7.23. The van der Waals surface area contributed by atoms with Crippen molar-refractivity contribution in [3.8, 4) is 0 Å². The highest BCUT2D eigenvalue weighted by atomic mass is 16.5. The van der Waals surface area contributed by atoms with Gasteiger partial charge in [-0.15, -0.1) is 0 Å². The molecule has 1 amide bonds. The molecule has 1 aliphatic heterocycles. The van der Waals surface area contributed by atoms with Gasteiger partial charge in [-0.3, -0.25) is 4.79 Å². The Kier molecular flexibility index (Phi) is 3.97. The zero-order valence-corrected chi connectivity index (χ0v) is 10.8. The number of carbonyl (C=O) groups is 1. The Balaban J connectivity index is 2.25. The Labute approximate surface area is 97.9 Å². The summed E-state index contributed by atoms with van der Waals surface area (Å²) in [7, 11) is 0. The molecule has 1 fully saturated rings. The maximum absolute atomic E-state index is 11.1. The predicted molar refractivity (Wildman–Crippen MR) is 64.0 cm³/mol. The van der Waals surface area contributed by atoms with Crippen molar-refractivity contribution in [3.63, 3.8) is 0 Å². The normalized spacial score (nSPS) is 24.6. The van der Waals surface area contributed by atoms with Crippen LogP contribution in [0, 0.1) is 5.41 Å². The topological polar surface area (TPSA) is 64.3 Å². The second-order valence-corrected chi connectivity index (χ2v) is 5.92. The molecule has 0 aromatic rings. The maximum atomic E-state index is 11.1. The number of amides is 1. The van der Waals surface area contributed by atoms with E-state index < -0.39 is 5.41 Å². The Morgan fingerprint density at radius 2 is 2.19 bits per heavy atom. The van der Waals surface area contributed by atoms with Crippen LogP contribution in [0.5, 0.6) is 0 Å². The van der Waals surface area contributed by atoms with Crippen LogP contribution >= 0.6 is 0 Å². The fourth-order valence-electron chi connectivity index (χ4n) is 1.85. The molecule has 0 radical (unpaired) electrons. The van der Waals surface area contributed by atoms with Gasteiger partial charge in [-0.2, -0.15) is 0 Å². The van der Waals surface area contributed by atoms with Gasteiger partial charge < -0.3 is 15.8 Å². The SMILES string of the molecule is CC1(C)CCC(CNCC(C)(C)C(N)=O)O1. The summed E-state index contributed by atoms with van der Waals surface area (Å²) >= 11 is 0. The van der Waals surface area contributed by atoms with Gasteiger partial charge in [-0.1, -0.05) is 0 Å². The molecule has 4 nitrogen and oxygen atoms in total. The number of hydrogen-bond acceptors (Lipinski definition) is 3. The van der Waals surface area contributed by atoms with Crippen LogP contribution in [-0.4, -0.2) is 30.7 Å². The van der Waals surface area contributed by atoms with Crippen molar-refractivity contribution in [2.45, 2.75) is 52.2 Å².